The van der Waals surface area contributed by atoms with Crippen LogP contribution in [0.25, 0.3) is 11.3 Å². The fraction of sp³-hybridized carbons (Fsp3) is 0.400. The van der Waals surface area contributed by atoms with Crippen molar-refractivity contribution in [2.45, 2.75) is 19.4 Å². The van der Waals surface area contributed by atoms with Gasteiger partial charge in [0.15, 0.2) is 0 Å². The Hall–Kier alpha value is -1.03. The average molecular weight is 310 g/mol. The summed E-state index contributed by atoms with van der Waals surface area (Å²) in [4.78, 5) is 4.28. The third-order valence-corrected chi connectivity index (χ3v) is 4.39. The lowest BCUT2D eigenvalue weighted by atomic mass is 9.98. The first-order valence-electron chi connectivity index (χ1n) is 6.90. The molecule has 1 N–H and O–H groups in total. The summed E-state index contributed by atoms with van der Waals surface area (Å²) in [5, 5.41) is 4.80. The number of benzene rings is 1. The molecule has 1 aliphatic heterocycles. The minimum atomic E-state index is 0.694. The molecule has 0 atom stereocenters. The van der Waals surface area contributed by atoms with E-state index in [9.17, 15) is 0 Å². The molecule has 5 heteroatoms. The Morgan fingerprint density at radius 1 is 1.25 bits per heavy atom. The van der Waals surface area contributed by atoms with E-state index >= 15 is 0 Å². The average Bonchev–Trinajstić information content (AvgIpc) is 2.91. The summed E-state index contributed by atoms with van der Waals surface area (Å²) in [6.45, 7) is 3.19. The molecule has 0 saturated carbocycles. The SMILES string of the molecule is Clc1ccc(Cl)c(-c2cncn2CC2CCNCC2)c1. The summed E-state index contributed by atoms with van der Waals surface area (Å²) in [6, 6.07) is 5.54. The van der Waals surface area contributed by atoms with Crippen molar-refractivity contribution < 1.29 is 0 Å². The van der Waals surface area contributed by atoms with Crippen molar-refractivity contribution in [1.82, 2.24) is 14.9 Å². The molecule has 1 saturated heterocycles. The molecule has 3 rings (SSSR count). The van der Waals surface area contributed by atoms with Gasteiger partial charge >= 0.3 is 0 Å². The number of piperidine rings is 1. The second-order valence-electron chi connectivity index (χ2n) is 5.25. The molecule has 3 nitrogen and oxygen atoms in total. The van der Waals surface area contributed by atoms with Crippen LogP contribution in [-0.2, 0) is 6.54 Å². The molecular formula is C15H17Cl2N3. The Morgan fingerprint density at radius 2 is 2.05 bits per heavy atom. The summed E-state index contributed by atoms with van der Waals surface area (Å²) < 4.78 is 2.19. The lowest BCUT2D eigenvalue weighted by Crippen LogP contribution is -2.29. The molecule has 106 valence electrons. The number of imidazole rings is 1. The van der Waals surface area contributed by atoms with E-state index in [2.05, 4.69) is 14.9 Å². The van der Waals surface area contributed by atoms with Crippen molar-refractivity contribution in [2.24, 2.45) is 5.92 Å². The van der Waals surface area contributed by atoms with E-state index in [4.69, 9.17) is 23.2 Å². The van der Waals surface area contributed by atoms with Gasteiger partial charge in [0.2, 0.25) is 0 Å². The maximum Gasteiger partial charge on any atom is 0.0951 e. The fourth-order valence-electron chi connectivity index (χ4n) is 2.73. The first-order chi connectivity index (χ1) is 9.74. The van der Waals surface area contributed by atoms with Crippen LogP contribution in [0.3, 0.4) is 0 Å². The van der Waals surface area contributed by atoms with Crippen LogP contribution in [0.2, 0.25) is 10.0 Å². The number of nitrogens with zero attached hydrogens (tertiary/aromatic N) is 2. The van der Waals surface area contributed by atoms with Gasteiger partial charge in [0.25, 0.3) is 0 Å². The zero-order valence-electron chi connectivity index (χ0n) is 11.1. The van der Waals surface area contributed by atoms with E-state index in [1.165, 1.54) is 12.8 Å². The molecule has 1 aromatic heterocycles. The largest absolute Gasteiger partial charge is 0.330 e. The fourth-order valence-corrected chi connectivity index (χ4v) is 3.11. The van der Waals surface area contributed by atoms with E-state index in [1.807, 2.05) is 24.7 Å². The predicted molar refractivity (Wildman–Crippen MR) is 83.3 cm³/mol. The van der Waals surface area contributed by atoms with Crippen molar-refractivity contribution in [3.05, 3.63) is 40.8 Å². The molecule has 2 aromatic rings. The molecule has 1 aliphatic rings. The topological polar surface area (TPSA) is 29.9 Å². The van der Waals surface area contributed by atoms with Gasteiger partial charge in [0.1, 0.15) is 0 Å². The summed E-state index contributed by atoms with van der Waals surface area (Å²) in [5.74, 6) is 0.696. The third-order valence-electron chi connectivity index (χ3n) is 3.83. The highest BCUT2D eigenvalue weighted by Gasteiger charge is 2.16. The predicted octanol–water partition coefficient (Wildman–Crippen LogP) is 3.86. The Morgan fingerprint density at radius 3 is 2.85 bits per heavy atom. The van der Waals surface area contributed by atoms with Crippen LogP contribution < -0.4 is 5.32 Å². The molecule has 20 heavy (non-hydrogen) atoms. The molecule has 0 aliphatic carbocycles. The zero-order valence-corrected chi connectivity index (χ0v) is 12.7. The van der Waals surface area contributed by atoms with Gasteiger partial charge in [-0.05, 0) is 50.0 Å². The van der Waals surface area contributed by atoms with Gasteiger partial charge in [0, 0.05) is 17.1 Å². The maximum absolute atomic E-state index is 6.29. The van der Waals surface area contributed by atoms with Crippen molar-refractivity contribution in [2.75, 3.05) is 13.1 Å². The molecule has 0 radical (unpaired) electrons. The highest BCUT2D eigenvalue weighted by molar-refractivity contribution is 6.35. The van der Waals surface area contributed by atoms with Crippen LogP contribution in [0, 0.1) is 5.92 Å². The van der Waals surface area contributed by atoms with Gasteiger partial charge in [-0.3, -0.25) is 0 Å². The van der Waals surface area contributed by atoms with Crippen LogP contribution in [0.1, 0.15) is 12.8 Å². The van der Waals surface area contributed by atoms with Crippen LogP contribution in [-0.4, -0.2) is 22.6 Å². The van der Waals surface area contributed by atoms with Gasteiger partial charge in [0.05, 0.1) is 23.2 Å². The van der Waals surface area contributed by atoms with E-state index in [1.54, 1.807) is 6.07 Å². The van der Waals surface area contributed by atoms with E-state index in [0.717, 1.165) is 30.9 Å². The van der Waals surface area contributed by atoms with Gasteiger partial charge in [-0.25, -0.2) is 4.98 Å². The number of aromatic nitrogens is 2. The highest BCUT2D eigenvalue weighted by Crippen LogP contribution is 2.31. The summed E-state index contributed by atoms with van der Waals surface area (Å²) in [7, 11) is 0. The Balaban J connectivity index is 1.87. The van der Waals surface area contributed by atoms with E-state index in [-0.39, 0.29) is 0 Å². The molecule has 0 bridgehead atoms. The number of hydrogen-bond acceptors (Lipinski definition) is 2. The Labute approximate surface area is 128 Å². The standard InChI is InChI=1S/C15H17Cl2N3/c16-12-1-2-14(17)13(7-12)15-8-19-10-20(15)9-11-3-5-18-6-4-11/h1-2,7-8,10-11,18H,3-6,9H2. The van der Waals surface area contributed by atoms with Crippen LogP contribution in [0.4, 0.5) is 0 Å². The molecular weight excluding hydrogens is 293 g/mol. The highest BCUT2D eigenvalue weighted by atomic mass is 35.5. The summed E-state index contributed by atoms with van der Waals surface area (Å²) >= 11 is 12.4. The smallest absolute Gasteiger partial charge is 0.0951 e. The first kappa shape index (κ1) is 13.9. The molecule has 0 amide bonds. The molecule has 2 heterocycles. The van der Waals surface area contributed by atoms with Gasteiger partial charge < -0.3 is 9.88 Å². The van der Waals surface area contributed by atoms with Crippen LogP contribution >= 0.6 is 23.2 Å². The normalized spacial score (nSPS) is 16.5. The Bertz CT molecular complexity index is 589. The lowest BCUT2D eigenvalue weighted by molar-refractivity contribution is 0.334. The summed E-state index contributed by atoms with van der Waals surface area (Å²) in [6.07, 6.45) is 6.16. The lowest BCUT2D eigenvalue weighted by Gasteiger charge is -2.23. The number of rotatable bonds is 3. The molecule has 0 unspecified atom stereocenters. The molecule has 1 fully saturated rings. The van der Waals surface area contributed by atoms with Gasteiger partial charge in [-0.15, -0.1) is 0 Å². The maximum atomic E-state index is 6.29. The number of hydrogen-bond donors (Lipinski definition) is 1. The Kier molecular flexibility index (Phi) is 4.29. The molecule has 0 spiro atoms. The summed E-state index contributed by atoms with van der Waals surface area (Å²) in [5.41, 5.74) is 1.99. The third kappa shape index (κ3) is 3.00. The van der Waals surface area contributed by atoms with E-state index < -0.39 is 0 Å². The first-order valence-corrected chi connectivity index (χ1v) is 7.66. The monoisotopic (exact) mass is 309 g/mol. The minimum absolute atomic E-state index is 0.694. The van der Waals surface area contributed by atoms with Crippen molar-refractivity contribution in [3.63, 3.8) is 0 Å². The van der Waals surface area contributed by atoms with Gasteiger partial charge in [-0.2, -0.15) is 0 Å². The second-order valence-corrected chi connectivity index (χ2v) is 6.09. The molecule has 1 aromatic carbocycles. The van der Waals surface area contributed by atoms with Crippen LogP contribution in [0.5, 0.6) is 0 Å². The number of nitrogens with one attached hydrogen (secondary N) is 1. The number of halogens is 2. The van der Waals surface area contributed by atoms with Crippen molar-refractivity contribution in [1.29, 1.82) is 0 Å². The van der Waals surface area contributed by atoms with Crippen molar-refractivity contribution >= 4 is 23.2 Å². The van der Waals surface area contributed by atoms with Crippen LogP contribution in [0.15, 0.2) is 30.7 Å². The zero-order chi connectivity index (χ0) is 13.9. The minimum Gasteiger partial charge on any atom is -0.330 e. The second kappa shape index (κ2) is 6.17. The van der Waals surface area contributed by atoms with Crippen molar-refractivity contribution in [3.8, 4) is 11.3 Å². The van der Waals surface area contributed by atoms with E-state index in [0.29, 0.717) is 16.0 Å². The quantitative estimate of drug-likeness (QED) is 0.933. The van der Waals surface area contributed by atoms with Gasteiger partial charge in [-0.1, -0.05) is 23.2 Å².